The highest BCUT2D eigenvalue weighted by atomic mass is 16.5. The van der Waals surface area contributed by atoms with E-state index in [0.717, 1.165) is 12.2 Å². The molecule has 2 aromatic rings. The highest BCUT2D eigenvalue weighted by molar-refractivity contribution is 5.36. The molecule has 21 heavy (non-hydrogen) atoms. The summed E-state index contributed by atoms with van der Waals surface area (Å²) in [5.41, 5.74) is 3.90. The van der Waals surface area contributed by atoms with Gasteiger partial charge >= 0.3 is 0 Å². The molecular weight excluding hydrogens is 258 g/mol. The van der Waals surface area contributed by atoms with Crippen LogP contribution in [0, 0.1) is 6.92 Å². The minimum absolute atomic E-state index is 0.288. The summed E-state index contributed by atoms with van der Waals surface area (Å²) in [4.78, 5) is 0. The van der Waals surface area contributed by atoms with Crippen molar-refractivity contribution in [2.75, 3.05) is 7.11 Å². The summed E-state index contributed by atoms with van der Waals surface area (Å²) in [6.07, 6.45) is 1.02. The molecule has 0 amide bonds. The zero-order chi connectivity index (χ0) is 15.2. The lowest BCUT2D eigenvalue weighted by atomic mass is 9.98. The summed E-state index contributed by atoms with van der Waals surface area (Å²) >= 11 is 0. The topological polar surface area (TPSA) is 21.3 Å². The number of rotatable bonds is 6. The molecule has 2 rings (SSSR count). The van der Waals surface area contributed by atoms with Gasteiger partial charge in [-0.3, -0.25) is 0 Å². The Hall–Kier alpha value is -1.80. The van der Waals surface area contributed by atoms with Crippen molar-refractivity contribution in [3.8, 4) is 5.75 Å². The molecule has 1 unspecified atom stereocenters. The molecule has 0 aliphatic carbocycles. The molecule has 1 N–H and O–H groups in total. The van der Waals surface area contributed by atoms with Crippen LogP contribution in [0.4, 0.5) is 0 Å². The van der Waals surface area contributed by atoms with Crippen molar-refractivity contribution in [3.63, 3.8) is 0 Å². The van der Waals surface area contributed by atoms with Crippen LogP contribution >= 0.6 is 0 Å². The average Bonchev–Trinajstić information content (AvgIpc) is 2.52. The molecular formula is C19H25NO. The second-order valence-corrected chi connectivity index (χ2v) is 5.45. The third kappa shape index (κ3) is 3.64. The molecule has 2 heteroatoms. The van der Waals surface area contributed by atoms with E-state index in [1.165, 1.54) is 16.7 Å². The molecule has 0 saturated heterocycles. The van der Waals surface area contributed by atoms with Crippen molar-refractivity contribution in [2.24, 2.45) is 0 Å². The van der Waals surface area contributed by atoms with Crippen molar-refractivity contribution in [1.82, 2.24) is 5.32 Å². The molecule has 0 fully saturated rings. The number of aryl methyl sites for hydroxylation is 1. The zero-order valence-electron chi connectivity index (χ0n) is 13.4. The molecule has 0 saturated carbocycles. The van der Waals surface area contributed by atoms with Crippen LogP contribution in [0.2, 0.25) is 0 Å². The summed E-state index contributed by atoms with van der Waals surface area (Å²) in [7, 11) is 1.73. The van der Waals surface area contributed by atoms with Crippen LogP contribution < -0.4 is 10.1 Å². The molecule has 0 heterocycles. The van der Waals surface area contributed by atoms with Crippen molar-refractivity contribution in [2.45, 2.75) is 39.3 Å². The van der Waals surface area contributed by atoms with Gasteiger partial charge in [-0.15, -0.1) is 0 Å². The maximum Gasteiger partial charge on any atom is 0.123 e. The van der Waals surface area contributed by atoms with Crippen LogP contribution in [-0.4, -0.2) is 7.11 Å². The lowest BCUT2D eigenvalue weighted by molar-refractivity contribution is 0.388. The van der Waals surface area contributed by atoms with Crippen LogP contribution in [0.1, 0.15) is 49.0 Å². The first-order valence-corrected chi connectivity index (χ1v) is 7.61. The number of methoxy groups -OCH3 is 1. The molecule has 0 radical (unpaired) electrons. The van der Waals surface area contributed by atoms with Gasteiger partial charge in [0.2, 0.25) is 0 Å². The number of hydrogen-bond acceptors (Lipinski definition) is 2. The second-order valence-electron chi connectivity index (χ2n) is 5.45. The third-order valence-corrected chi connectivity index (χ3v) is 4.03. The molecule has 2 aromatic carbocycles. The molecule has 0 bridgehead atoms. The van der Waals surface area contributed by atoms with Crippen molar-refractivity contribution < 1.29 is 4.74 Å². The van der Waals surface area contributed by atoms with Crippen molar-refractivity contribution in [3.05, 3.63) is 65.2 Å². The fourth-order valence-corrected chi connectivity index (χ4v) is 2.85. The smallest absolute Gasteiger partial charge is 0.123 e. The number of nitrogens with one attached hydrogen (secondary N) is 1. The SMILES string of the molecule is CCC(N[C@H](C)c1ccccc1C)c1ccccc1OC. The molecule has 0 aliphatic rings. The minimum Gasteiger partial charge on any atom is -0.496 e. The quantitative estimate of drug-likeness (QED) is 0.821. The van der Waals surface area contributed by atoms with E-state index in [9.17, 15) is 0 Å². The van der Waals surface area contributed by atoms with Gasteiger partial charge < -0.3 is 10.1 Å². The van der Waals surface area contributed by atoms with E-state index in [1.807, 2.05) is 12.1 Å². The van der Waals surface area contributed by atoms with E-state index in [0.29, 0.717) is 6.04 Å². The highest BCUT2D eigenvalue weighted by Gasteiger charge is 2.17. The summed E-state index contributed by atoms with van der Waals surface area (Å²) in [5.74, 6) is 0.953. The summed E-state index contributed by atoms with van der Waals surface area (Å²) < 4.78 is 5.50. The zero-order valence-corrected chi connectivity index (χ0v) is 13.4. The normalized spacial score (nSPS) is 13.7. The Morgan fingerprint density at radius 3 is 2.24 bits per heavy atom. The predicted molar refractivity (Wildman–Crippen MR) is 88.8 cm³/mol. The van der Waals surface area contributed by atoms with E-state index in [4.69, 9.17) is 4.74 Å². The van der Waals surface area contributed by atoms with E-state index in [1.54, 1.807) is 7.11 Å². The van der Waals surface area contributed by atoms with Gasteiger partial charge in [0.25, 0.3) is 0 Å². The minimum atomic E-state index is 0.288. The van der Waals surface area contributed by atoms with Gasteiger partial charge in [0.05, 0.1) is 7.11 Å². The summed E-state index contributed by atoms with van der Waals surface area (Å²) in [6, 6.07) is 17.4. The van der Waals surface area contributed by atoms with Gasteiger partial charge in [0, 0.05) is 17.6 Å². The van der Waals surface area contributed by atoms with Crippen molar-refractivity contribution in [1.29, 1.82) is 0 Å². The first-order chi connectivity index (χ1) is 10.2. The maximum absolute atomic E-state index is 5.50. The van der Waals surface area contributed by atoms with Crippen LogP contribution in [0.25, 0.3) is 0 Å². The second kappa shape index (κ2) is 7.28. The van der Waals surface area contributed by atoms with Gasteiger partial charge in [-0.2, -0.15) is 0 Å². The van der Waals surface area contributed by atoms with Crippen LogP contribution in [0.3, 0.4) is 0 Å². The fourth-order valence-electron chi connectivity index (χ4n) is 2.85. The van der Waals surface area contributed by atoms with E-state index < -0.39 is 0 Å². The molecule has 0 aromatic heterocycles. The molecule has 0 spiro atoms. The Bertz CT molecular complexity index is 579. The average molecular weight is 283 g/mol. The third-order valence-electron chi connectivity index (χ3n) is 4.03. The highest BCUT2D eigenvalue weighted by Crippen LogP contribution is 2.29. The van der Waals surface area contributed by atoms with Gasteiger partial charge in [-0.25, -0.2) is 0 Å². The van der Waals surface area contributed by atoms with E-state index in [-0.39, 0.29) is 6.04 Å². The predicted octanol–water partition coefficient (Wildman–Crippen LogP) is 4.81. The van der Waals surface area contributed by atoms with Gasteiger partial charge in [0.1, 0.15) is 5.75 Å². The summed E-state index contributed by atoms with van der Waals surface area (Å²) in [6.45, 7) is 6.59. The number of hydrogen-bond donors (Lipinski definition) is 1. The number of para-hydroxylation sites is 1. The lowest BCUT2D eigenvalue weighted by Gasteiger charge is -2.25. The fraction of sp³-hybridized carbons (Fsp3) is 0.368. The molecule has 112 valence electrons. The monoisotopic (exact) mass is 283 g/mol. The van der Waals surface area contributed by atoms with Gasteiger partial charge in [-0.1, -0.05) is 49.4 Å². The van der Waals surface area contributed by atoms with E-state index >= 15 is 0 Å². The molecule has 2 nitrogen and oxygen atoms in total. The van der Waals surface area contributed by atoms with Gasteiger partial charge in [0.15, 0.2) is 0 Å². The van der Waals surface area contributed by atoms with E-state index in [2.05, 4.69) is 62.5 Å². The Labute approximate surface area is 128 Å². The van der Waals surface area contributed by atoms with Crippen molar-refractivity contribution >= 4 is 0 Å². The number of benzene rings is 2. The summed E-state index contributed by atoms with van der Waals surface area (Å²) in [5, 5.41) is 3.73. The number of ether oxygens (including phenoxy) is 1. The van der Waals surface area contributed by atoms with Crippen LogP contribution in [-0.2, 0) is 0 Å². The lowest BCUT2D eigenvalue weighted by Crippen LogP contribution is -2.25. The standard InChI is InChI=1S/C19H25NO/c1-5-18(17-12-8-9-13-19(17)21-4)20-15(3)16-11-7-6-10-14(16)2/h6-13,15,18,20H,5H2,1-4H3/t15-,18?/m1/s1. The largest absolute Gasteiger partial charge is 0.496 e. The Morgan fingerprint density at radius 2 is 1.62 bits per heavy atom. The Balaban J connectivity index is 2.21. The maximum atomic E-state index is 5.50. The Kier molecular flexibility index (Phi) is 5.40. The first kappa shape index (κ1) is 15.6. The van der Waals surface area contributed by atoms with Gasteiger partial charge in [-0.05, 0) is 37.5 Å². The molecule has 2 atom stereocenters. The molecule has 0 aliphatic heterocycles. The first-order valence-electron chi connectivity index (χ1n) is 7.61. The van der Waals surface area contributed by atoms with Crippen LogP contribution in [0.15, 0.2) is 48.5 Å². The van der Waals surface area contributed by atoms with Crippen LogP contribution in [0.5, 0.6) is 5.75 Å². The Morgan fingerprint density at radius 1 is 1.00 bits per heavy atom.